The molecule has 0 saturated carbocycles. The van der Waals surface area contributed by atoms with Crippen molar-refractivity contribution in [1.29, 1.82) is 0 Å². The highest BCUT2D eigenvalue weighted by atomic mass is 19.1. The van der Waals surface area contributed by atoms with Gasteiger partial charge in [-0.25, -0.2) is 9.40 Å². The topological polar surface area (TPSA) is 51.1 Å². The van der Waals surface area contributed by atoms with Crippen LogP contribution < -0.4 is 9.47 Å². The van der Waals surface area contributed by atoms with Crippen molar-refractivity contribution in [3.05, 3.63) is 59.4 Å². The van der Waals surface area contributed by atoms with Crippen LogP contribution in [0.1, 0.15) is 22.3 Å². The van der Waals surface area contributed by atoms with Crippen LogP contribution in [0.15, 0.2) is 47.6 Å². The molecule has 24 heavy (non-hydrogen) atoms. The molecule has 0 N–H and O–H groups in total. The minimum Gasteiger partial charge on any atom is -0.493 e. The molecule has 0 bridgehead atoms. The van der Waals surface area contributed by atoms with E-state index in [-0.39, 0.29) is 11.5 Å². The Morgan fingerprint density at radius 2 is 1.96 bits per heavy atom. The molecule has 1 aliphatic rings. The van der Waals surface area contributed by atoms with Gasteiger partial charge in [0.2, 0.25) is 0 Å². The summed E-state index contributed by atoms with van der Waals surface area (Å²) in [5, 5.41) is 5.74. The highest BCUT2D eigenvalue weighted by Crippen LogP contribution is 2.33. The Morgan fingerprint density at radius 1 is 1.17 bits per heavy atom. The van der Waals surface area contributed by atoms with E-state index in [0.717, 1.165) is 11.3 Å². The average Bonchev–Trinajstić information content (AvgIpc) is 3.10. The molecule has 0 spiro atoms. The number of amides is 1. The number of nitrogens with zero attached hydrogens (tertiary/aromatic N) is 2. The number of rotatable bonds is 4. The lowest BCUT2D eigenvalue weighted by atomic mass is 10.1. The molecule has 2 aromatic rings. The SMILES string of the molecule is COc1cccc(C2=NN(C(=O)c3cccc(F)c3)CC2)c1OC. The highest BCUT2D eigenvalue weighted by molar-refractivity contribution is 6.06. The van der Waals surface area contributed by atoms with Gasteiger partial charge >= 0.3 is 0 Å². The first-order valence-electron chi connectivity index (χ1n) is 7.50. The van der Waals surface area contributed by atoms with Gasteiger partial charge in [0, 0.05) is 17.5 Å². The summed E-state index contributed by atoms with van der Waals surface area (Å²) in [4.78, 5) is 12.4. The molecule has 0 radical (unpaired) electrons. The Labute approximate surface area is 139 Å². The second-order valence-corrected chi connectivity index (χ2v) is 5.28. The van der Waals surface area contributed by atoms with Gasteiger partial charge in [-0.2, -0.15) is 5.10 Å². The normalized spacial score (nSPS) is 13.6. The van der Waals surface area contributed by atoms with Crippen molar-refractivity contribution in [3.63, 3.8) is 0 Å². The Hall–Kier alpha value is -2.89. The minimum atomic E-state index is -0.446. The number of para-hydroxylation sites is 1. The molecule has 0 unspecified atom stereocenters. The number of halogens is 1. The van der Waals surface area contributed by atoms with E-state index in [1.54, 1.807) is 26.4 Å². The van der Waals surface area contributed by atoms with Crippen LogP contribution in [0.4, 0.5) is 4.39 Å². The highest BCUT2D eigenvalue weighted by Gasteiger charge is 2.25. The Balaban J connectivity index is 1.90. The monoisotopic (exact) mass is 328 g/mol. The summed E-state index contributed by atoms with van der Waals surface area (Å²) in [5.74, 6) is 0.413. The molecular weight excluding hydrogens is 311 g/mol. The number of hydrogen-bond donors (Lipinski definition) is 0. The van der Waals surface area contributed by atoms with Crippen LogP contribution in [-0.4, -0.2) is 37.4 Å². The van der Waals surface area contributed by atoms with Crippen molar-refractivity contribution >= 4 is 11.6 Å². The van der Waals surface area contributed by atoms with Gasteiger partial charge < -0.3 is 9.47 Å². The maximum atomic E-state index is 13.3. The number of carbonyl (C=O) groups excluding carboxylic acids is 1. The van der Waals surface area contributed by atoms with Crippen LogP contribution >= 0.6 is 0 Å². The molecule has 5 nitrogen and oxygen atoms in total. The number of carbonyl (C=O) groups is 1. The number of hydrogen-bond acceptors (Lipinski definition) is 4. The largest absolute Gasteiger partial charge is 0.493 e. The second-order valence-electron chi connectivity index (χ2n) is 5.28. The first kappa shape index (κ1) is 16.0. The third kappa shape index (κ3) is 2.95. The molecule has 2 aromatic carbocycles. The van der Waals surface area contributed by atoms with E-state index in [2.05, 4.69) is 5.10 Å². The summed E-state index contributed by atoms with van der Waals surface area (Å²) in [7, 11) is 3.13. The lowest BCUT2D eigenvalue weighted by Gasteiger charge is -2.12. The van der Waals surface area contributed by atoms with Gasteiger partial charge in [-0.15, -0.1) is 0 Å². The van der Waals surface area contributed by atoms with Crippen LogP contribution in [0.2, 0.25) is 0 Å². The van der Waals surface area contributed by atoms with Crippen molar-refractivity contribution < 1.29 is 18.7 Å². The molecule has 1 amide bonds. The molecule has 0 aliphatic carbocycles. The van der Waals surface area contributed by atoms with E-state index < -0.39 is 5.82 Å². The molecule has 3 rings (SSSR count). The quantitative estimate of drug-likeness (QED) is 0.866. The molecule has 0 atom stereocenters. The molecule has 0 saturated heterocycles. The van der Waals surface area contributed by atoms with Gasteiger partial charge in [-0.1, -0.05) is 12.1 Å². The fourth-order valence-corrected chi connectivity index (χ4v) is 2.68. The van der Waals surface area contributed by atoms with Crippen molar-refractivity contribution in [3.8, 4) is 11.5 Å². The van der Waals surface area contributed by atoms with Crippen LogP contribution in [0.3, 0.4) is 0 Å². The number of hydrazone groups is 1. The standard InChI is InChI=1S/C18H17FN2O3/c1-23-16-8-4-7-14(17(16)24-2)15-9-10-21(20-15)18(22)12-5-3-6-13(19)11-12/h3-8,11H,9-10H2,1-2H3. The summed E-state index contributed by atoms with van der Waals surface area (Å²) in [6, 6.07) is 11.1. The second kappa shape index (κ2) is 6.70. The van der Waals surface area contributed by atoms with Crippen LogP contribution in [0.25, 0.3) is 0 Å². The molecule has 6 heteroatoms. The first-order chi connectivity index (χ1) is 11.6. The summed E-state index contributed by atoms with van der Waals surface area (Å²) in [6.45, 7) is 0.436. The average molecular weight is 328 g/mol. The van der Waals surface area contributed by atoms with E-state index in [1.165, 1.54) is 23.2 Å². The summed E-state index contributed by atoms with van der Waals surface area (Å²) in [5.41, 5.74) is 1.79. The fraction of sp³-hybridized carbons (Fsp3) is 0.222. The maximum Gasteiger partial charge on any atom is 0.274 e. The number of ether oxygens (including phenoxy) is 2. The zero-order valence-electron chi connectivity index (χ0n) is 13.5. The number of benzene rings is 2. The zero-order chi connectivity index (χ0) is 17.1. The lowest BCUT2D eigenvalue weighted by Crippen LogP contribution is -2.23. The summed E-state index contributed by atoms with van der Waals surface area (Å²) >= 11 is 0. The van der Waals surface area contributed by atoms with Crippen LogP contribution in [-0.2, 0) is 0 Å². The van der Waals surface area contributed by atoms with Gasteiger partial charge in [0.1, 0.15) is 5.82 Å². The van der Waals surface area contributed by atoms with Crippen LogP contribution in [0, 0.1) is 5.82 Å². The van der Waals surface area contributed by atoms with Crippen molar-refractivity contribution in [1.82, 2.24) is 5.01 Å². The summed E-state index contributed by atoms with van der Waals surface area (Å²) in [6.07, 6.45) is 0.588. The molecule has 1 aliphatic heterocycles. The maximum absolute atomic E-state index is 13.3. The predicted octanol–water partition coefficient (Wildman–Crippen LogP) is 3.09. The lowest BCUT2D eigenvalue weighted by molar-refractivity contribution is 0.0778. The van der Waals surface area contributed by atoms with E-state index in [0.29, 0.717) is 24.5 Å². The molecule has 0 fully saturated rings. The zero-order valence-corrected chi connectivity index (χ0v) is 13.5. The van der Waals surface area contributed by atoms with E-state index in [9.17, 15) is 9.18 Å². The van der Waals surface area contributed by atoms with Gasteiger partial charge in [-0.05, 0) is 30.3 Å². The van der Waals surface area contributed by atoms with E-state index in [1.807, 2.05) is 12.1 Å². The van der Waals surface area contributed by atoms with E-state index in [4.69, 9.17) is 9.47 Å². The fourth-order valence-electron chi connectivity index (χ4n) is 2.68. The Morgan fingerprint density at radius 3 is 2.67 bits per heavy atom. The van der Waals surface area contributed by atoms with Gasteiger partial charge in [-0.3, -0.25) is 4.79 Å². The third-order valence-corrected chi connectivity index (χ3v) is 3.82. The third-order valence-electron chi connectivity index (χ3n) is 3.82. The molecular formula is C18H17FN2O3. The predicted molar refractivity (Wildman–Crippen MR) is 88.1 cm³/mol. The molecule has 0 aromatic heterocycles. The van der Waals surface area contributed by atoms with Gasteiger partial charge in [0.25, 0.3) is 5.91 Å². The smallest absolute Gasteiger partial charge is 0.274 e. The van der Waals surface area contributed by atoms with E-state index >= 15 is 0 Å². The van der Waals surface area contributed by atoms with Gasteiger partial charge in [0.05, 0.1) is 26.5 Å². The first-order valence-corrected chi connectivity index (χ1v) is 7.50. The molecule has 1 heterocycles. The van der Waals surface area contributed by atoms with Crippen LogP contribution in [0.5, 0.6) is 11.5 Å². The Bertz CT molecular complexity index is 805. The Kier molecular flexibility index (Phi) is 4.46. The van der Waals surface area contributed by atoms with Crippen molar-refractivity contribution in [2.24, 2.45) is 5.10 Å². The van der Waals surface area contributed by atoms with Gasteiger partial charge in [0.15, 0.2) is 11.5 Å². The van der Waals surface area contributed by atoms with Crippen molar-refractivity contribution in [2.75, 3.05) is 20.8 Å². The minimum absolute atomic E-state index is 0.276. The van der Waals surface area contributed by atoms with Crippen molar-refractivity contribution in [2.45, 2.75) is 6.42 Å². The summed E-state index contributed by atoms with van der Waals surface area (Å²) < 4.78 is 24.0. The number of methoxy groups -OCH3 is 2. The molecule has 124 valence electrons.